The Morgan fingerprint density at radius 2 is 0.833 bits per heavy atom. The number of nitrogens with zero attached hydrogens (tertiary/aromatic N) is 2. The lowest BCUT2D eigenvalue weighted by Crippen LogP contribution is -2.36. The lowest BCUT2D eigenvalue weighted by atomic mass is 10.1. The van der Waals surface area contributed by atoms with Gasteiger partial charge in [0.15, 0.2) is 0 Å². The number of carbonyl (C=O) groups is 2. The molecule has 6 heteroatoms. The molecule has 0 aromatic carbocycles. The van der Waals surface area contributed by atoms with Gasteiger partial charge in [0.25, 0.3) is 0 Å². The van der Waals surface area contributed by atoms with E-state index >= 15 is 0 Å². The summed E-state index contributed by atoms with van der Waals surface area (Å²) in [6.45, 7) is 8.19. The van der Waals surface area contributed by atoms with Gasteiger partial charge in [-0.15, -0.1) is 0 Å². The van der Waals surface area contributed by atoms with Crippen molar-refractivity contribution in [1.29, 1.82) is 0 Å². The number of carbonyl (C=O) groups excluding carboxylic acids is 2. The molecule has 0 rings (SSSR count). The minimum absolute atomic E-state index is 0.776. The number of hydrogen-bond acceptors (Lipinski definition) is 4. The molecule has 0 unspecified atom stereocenters. The van der Waals surface area contributed by atoms with E-state index in [1.54, 1.807) is 0 Å². The van der Waals surface area contributed by atoms with Gasteiger partial charge in [0.2, 0.25) is 0 Å². The summed E-state index contributed by atoms with van der Waals surface area (Å²) in [5, 5.41) is 8.04. The van der Waals surface area contributed by atoms with Crippen LogP contribution < -0.4 is 10.9 Å². The Balaban J connectivity index is 3.88. The standard InChI is InChI=1S/C24H46N4O2/c1-5-7-9-11-13-15-17-19-21(3)25-27-23(29)24(30)28-26-22(4)20-18-16-14-12-10-8-6-2/h5-20H2,1-4H3,(H,27,29)(H,28,30). The van der Waals surface area contributed by atoms with Crippen molar-refractivity contribution in [2.75, 3.05) is 0 Å². The summed E-state index contributed by atoms with van der Waals surface area (Å²) in [6, 6.07) is 0. The zero-order valence-electron chi connectivity index (χ0n) is 20.0. The van der Waals surface area contributed by atoms with Gasteiger partial charge in [-0.05, 0) is 39.5 Å². The molecule has 0 aromatic heterocycles. The summed E-state index contributed by atoms with van der Waals surface area (Å²) in [5.41, 5.74) is 6.31. The summed E-state index contributed by atoms with van der Waals surface area (Å²) >= 11 is 0. The molecule has 0 aliphatic rings. The zero-order chi connectivity index (χ0) is 22.5. The molecular weight excluding hydrogens is 376 g/mol. The van der Waals surface area contributed by atoms with Crippen LogP contribution in [0.1, 0.15) is 130 Å². The molecule has 2 N–H and O–H groups in total. The quantitative estimate of drug-likeness (QED) is 0.118. The molecule has 0 heterocycles. The average Bonchev–Trinajstić information content (AvgIpc) is 2.74. The molecule has 0 atom stereocenters. The molecule has 174 valence electrons. The van der Waals surface area contributed by atoms with E-state index in [1.165, 1.54) is 77.0 Å². The number of hydrogen-bond donors (Lipinski definition) is 2. The van der Waals surface area contributed by atoms with Crippen LogP contribution in [0.5, 0.6) is 0 Å². The van der Waals surface area contributed by atoms with Crippen molar-refractivity contribution in [1.82, 2.24) is 10.9 Å². The van der Waals surface area contributed by atoms with Gasteiger partial charge < -0.3 is 0 Å². The van der Waals surface area contributed by atoms with Gasteiger partial charge in [-0.25, -0.2) is 10.9 Å². The fourth-order valence-corrected chi connectivity index (χ4v) is 3.18. The summed E-state index contributed by atoms with van der Waals surface area (Å²) in [4.78, 5) is 23.6. The van der Waals surface area contributed by atoms with Crippen molar-refractivity contribution >= 4 is 23.2 Å². The largest absolute Gasteiger partial charge is 0.331 e. The third kappa shape index (κ3) is 18.3. The molecule has 0 bridgehead atoms. The van der Waals surface area contributed by atoms with Crippen molar-refractivity contribution in [3.8, 4) is 0 Å². The minimum Gasteiger partial charge on any atom is -0.262 e. The number of rotatable bonds is 18. The first-order chi connectivity index (χ1) is 14.5. The second-order valence-electron chi connectivity index (χ2n) is 8.32. The van der Waals surface area contributed by atoms with E-state index in [1.807, 2.05) is 13.8 Å². The van der Waals surface area contributed by atoms with Crippen molar-refractivity contribution < 1.29 is 9.59 Å². The maximum absolute atomic E-state index is 11.8. The monoisotopic (exact) mass is 422 g/mol. The first-order valence-corrected chi connectivity index (χ1v) is 12.2. The Morgan fingerprint density at radius 1 is 0.533 bits per heavy atom. The van der Waals surface area contributed by atoms with E-state index in [2.05, 4.69) is 34.9 Å². The third-order valence-electron chi connectivity index (χ3n) is 5.19. The van der Waals surface area contributed by atoms with Crippen molar-refractivity contribution in [3.63, 3.8) is 0 Å². The Bertz CT molecular complexity index is 469. The van der Waals surface area contributed by atoms with Crippen LogP contribution in [0.2, 0.25) is 0 Å². The molecule has 2 amide bonds. The summed E-state index contributed by atoms with van der Waals surface area (Å²) in [7, 11) is 0. The highest BCUT2D eigenvalue weighted by molar-refractivity contribution is 6.35. The van der Waals surface area contributed by atoms with Crippen LogP contribution in [-0.2, 0) is 9.59 Å². The molecule has 0 saturated heterocycles. The van der Waals surface area contributed by atoms with Crippen LogP contribution in [0, 0.1) is 0 Å². The fourth-order valence-electron chi connectivity index (χ4n) is 3.18. The van der Waals surface area contributed by atoms with Crippen LogP contribution >= 0.6 is 0 Å². The van der Waals surface area contributed by atoms with E-state index in [-0.39, 0.29) is 0 Å². The first-order valence-electron chi connectivity index (χ1n) is 12.2. The number of nitrogens with one attached hydrogen (secondary N) is 2. The van der Waals surface area contributed by atoms with E-state index < -0.39 is 11.8 Å². The summed E-state index contributed by atoms with van der Waals surface area (Å²) < 4.78 is 0. The fraction of sp³-hybridized carbons (Fsp3) is 0.833. The van der Waals surface area contributed by atoms with Crippen molar-refractivity contribution in [2.24, 2.45) is 10.2 Å². The first kappa shape index (κ1) is 28.3. The zero-order valence-corrected chi connectivity index (χ0v) is 20.0. The molecule has 6 nitrogen and oxygen atoms in total. The van der Waals surface area contributed by atoms with Crippen LogP contribution in [0.4, 0.5) is 0 Å². The predicted octanol–water partition coefficient (Wildman–Crippen LogP) is 6.25. The van der Waals surface area contributed by atoms with Crippen LogP contribution in [0.3, 0.4) is 0 Å². The SMILES string of the molecule is CCCCCCCCCC(C)=NNC(=O)C(=O)NN=C(C)CCCCCCCCC. The second kappa shape index (κ2) is 20.5. The number of hydrazone groups is 2. The average molecular weight is 423 g/mol. The van der Waals surface area contributed by atoms with Gasteiger partial charge in [0, 0.05) is 11.4 Å². The Labute approximate surface area is 184 Å². The number of unbranched alkanes of at least 4 members (excludes halogenated alkanes) is 12. The van der Waals surface area contributed by atoms with E-state index in [9.17, 15) is 9.59 Å². The van der Waals surface area contributed by atoms with Gasteiger partial charge in [-0.2, -0.15) is 10.2 Å². The molecule has 0 aliphatic carbocycles. The highest BCUT2D eigenvalue weighted by atomic mass is 16.2. The van der Waals surface area contributed by atoms with E-state index in [4.69, 9.17) is 0 Å². The van der Waals surface area contributed by atoms with Crippen LogP contribution in [0.25, 0.3) is 0 Å². The highest BCUT2D eigenvalue weighted by Gasteiger charge is 2.12. The second-order valence-corrected chi connectivity index (χ2v) is 8.32. The Kier molecular flexibility index (Phi) is 19.4. The lowest BCUT2D eigenvalue weighted by Gasteiger charge is -2.04. The van der Waals surface area contributed by atoms with E-state index in [0.717, 1.165) is 37.1 Å². The van der Waals surface area contributed by atoms with E-state index in [0.29, 0.717) is 0 Å². The molecule has 0 saturated carbocycles. The summed E-state index contributed by atoms with van der Waals surface area (Å²) in [5.74, 6) is -1.55. The van der Waals surface area contributed by atoms with Gasteiger partial charge in [0.1, 0.15) is 0 Å². The highest BCUT2D eigenvalue weighted by Crippen LogP contribution is 2.09. The maximum Gasteiger partial charge on any atom is 0.331 e. The van der Waals surface area contributed by atoms with Gasteiger partial charge in [-0.1, -0.05) is 90.9 Å². The normalized spacial score (nSPS) is 12.1. The Morgan fingerprint density at radius 3 is 1.17 bits per heavy atom. The molecule has 0 aromatic rings. The molecule has 0 aliphatic heterocycles. The molecule has 0 fully saturated rings. The molecular formula is C24H46N4O2. The van der Waals surface area contributed by atoms with Crippen molar-refractivity contribution in [3.05, 3.63) is 0 Å². The predicted molar refractivity (Wildman–Crippen MR) is 128 cm³/mol. The molecule has 30 heavy (non-hydrogen) atoms. The van der Waals surface area contributed by atoms with Crippen molar-refractivity contribution in [2.45, 2.75) is 130 Å². The Hall–Kier alpha value is -1.72. The topological polar surface area (TPSA) is 82.9 Å². The molecule has 0 radical (unpaired) electrons. The minimum atomic E-state index is -0.776. The third-order valence-corrected chi connectivity index (χ3v) is 5.19. The van der Waals surface area contributed by atoms with Gasteiger partial charge >= 0.3 is 11.8 Å². The summed E-state index contributed by atoms with van der Waals surface area (Å²) in [6.07, 6.45) is 19.0. The van der Waals surface area contributed by atoms with Crippen LogP contribution in [0.15, 0.2) is 10.2 Å². The smallest absolute Gasteiger partial charge is 0.262 e. The van der Waals surface area contributed by atoms with Gasteiger partial charge in [-0.3, -0.25) is 9.59 Å². The number of amides is 2. The lowest BCUT2D eigenvalue weighted by molar-refractivity contribution is -0.139. The molecule has 0 spiro atoms. The van der Waals surface area contributed by atoms with Crippen LogP contribution in [-0.4, -0.2) is 23.2 Å². The van der Waals surface area contributed by atoms with Gasteiger partial charge in [0.05, 0.1) is 0 Å². The maximum atomic E-state index is 11.8.